The molecule has 2 aromatic rings. The monoisotopic (exact) mass is 415 g/mol. The Hall–Kier alpha value is -2.87. The molecule has 1 aromatic heterocycles. The van der Waals surface area contributed by atoms with Gasteiger partial charge in [-0.25, -0.2) is 4.68 Å². The molecule has 0 saturated carbocycles. The van der Waals surface area contributed by atoms with Crippen LogP contribution in [-0.4, -0.2) is 56.0 Å². The third kappa shape index (κ3) is 7.18. The van der Waals surface area contributed by atoms with Crippen molar-refractivity contribution < 1.29 is 14.6 Å². The molecule has 0 radical (unpaired) electrons. The van der Waals surface area contributed by atoms with Gasteiger partial charge in [0.05, 0.1) is 43.9 Å². The second kappa shape index (κ2) is 11.3. The topological polar surface area (TPSA) is 138 Å². The van der Waals surface area contributed by atoms with Crippen LogP contribution in [0.15, 0.2) is 30.3 Å². The van der Waals surface area contributed by atoms with E-state index in [1.54, 1.807) is 20.8 Å². The van der Waals surface area contributed by atoms with E-state index in [4.69, 9.17) is 10.00 Å². The average Bonchev–Trinajstić information content (AvgIpc) is 3.19. The maximum Gasteiger partial charge on any atom is 0.240 e. The smallest absolute Gasteiger partial charge is 0.240 e. The molecule has 162 valence electrons. The van der Waals surface area contributed by atoms with Gasteiger partial charge in [-0.2, -0.15) is 5.26 Å². The summed E-state index contributed by atoms with van der Waals surface area (Å²) in [6, 6.07) is 11.1. The third-order valence-electron chi connectivity index (χ3n) is 4.42. The van der Waals surface area contributed by atoms with E-state index >= 15 is 0 Å². The fourth-order valence-corrected chi connectivity index (χ4v) is 2.65. The number of nitriles is 1. The third-order valence-corrected chi connectivity index (χ3v) is 4.42. The highest BCUT2D eigenvalue weighted by atomic mass is 16.5. The minimum Gasteiger partial charge on any atom is -0.392 e. The van der Waals surface area contributed by atoms with Crippen molar-refractivity contribution in [3.63, 3.8) is 0 Å². The quantitative estimate of drug-likeness (QED) is 0.461. The number of carbonyl (C=O) groups is 1. The molecule has 2 unspecified atom stereocenters. The van der Waals surface area contributed by atoms with Crippen LogP contribution in [-0.2, 0) is 22.7 Å². The summed E-state index contributed by atoms with van der Waals surface area (Å²) in [5.74, 6) is 0.129. The number of ether oxygens (including phenoxy) is 1. The van der Waals surface area contributed by atoms with Gasteiger partial charge in [-0.05, 0) is 36.8 Å². The van der Waals surface area contributed by atoms with Crippen LogP contribution in [0.5, 0.6) is 0 Å². The Balaban J connectivity index is 2.11. The summed E-state index contributed by atoms with van der Waals surface area (Å²) in [5.41, 5.74) is 0.0742. The van der Waals surface area contributed by atoms with Crippen molar-refractivity contribution in [3.05, 3.63) is 41.7 Å². The first-order chi connectivity index (χ1) is 14.3. The van der Waals surface area contributed by atoms with Crippen molar-refractivity contribution in [1.29, 1.82) is 5.26 Å². The summed E-state index contributed by atoms with van der Waals surface area (Å²) in [7, 11) is 0. The Kier molecular flexibility index (Phi) is 8.86. The van der Waals surface area contributed by atoms with E-state index in [2.05, 4.69) is 32.2 Å². The van der Waals surface area contributed by atoms with Crippen LogP contribution in [0.4, 0.5) is 0 Å². The number of benzene rings is 1. The molecule has 0 bridgehead atoms. The number of rotatable bonds is 12. The number of tetrazole rings is 1. The molecule has 30 heavy (non-hydrogen) atoms. The van der Waals surface area contributed by atoms with Crippen molar-refractivity contribution in [2.75, 3.05) is 13.2 Å². The van der Waals surface area contributed by atoms with Gasteiger partial charge < -0.3 is 20.5 Å². The first kappa shape index (κ1) is 23.4. The summed E-state index contributed by atoms with van der Waals surface area (Å²) in [4.78, 5) is 12.9. The zero-order valence-corrected chi connectivity index (χ0v) is 17.6. The molecule has 2 atom stereocenters. The van der Waals surface area contributed by atoms with Crippen molar-refractivity contribution >= 4 is 5.91 Å². The molecule has 0 aliphatic rings. The lowest BCUT2D eigenvalue weighted by atomic mass is 10.0. The number of hydrogen-bond donors (Lipinski definition) is 3. The van der Waals surface area contributed by atoms with Crippen molar-refractivity contribution in [1.82, 2.24) is 30.8 Å². The van der Waals surface area contributed by atoms with Crippen molar-refractivity contribution in [2.45, 2.75) is 58.0 Å². The SMILES string of the molecule is CC(O)CNC(C)(C)C(=O)NC(COCc1ccccc1)c1nnnn1CCC#N. The molecule has 2 rings (SSSR count). The minimum absolute atomic E-state index is 0.153. The van der Waals surface area contributed by atoms with Gasteiger partial charge in [-0.15, -0.1) is 5.10 Å². The Morgan fingerprint density at radius 2 is 2.10 bits per heavy atom. The molecule has 1 amide bonds. The van der Waals surface area contributed by atoms with E-state index in [1.807, 2.05) is 30.3 Å². The average molecular weight is 415 g/mol. The molecular weight excluding hydrogens is 386 g/mol. The number of β-amino-alcohol motifs (C(OH)–C–C–N with tert-alkyl or cyclic N) is 1. The van der Waals surface area contributed by atoms with E-state index < -0.39 is 17.7 Å². The predicted octanol–water partition coefficient (Wildman–Crippen LogP) is 0.710. The molecule has 0 saturated heterocycles. The Bertz CT molecular complexity index is 830. The van der Waals surface area contributed by atoms with Crippen LogP contribution in [0.3, 0.4) is 0 Å². The van der Waals surface area contributed by atoms with Gasteiger partial charge in [0, 0.05) is 6.54 Å². The first-order valence-corrected chi connectivity index (χ1v) is 9.82. The van der Waals surface area contributed by atoms with Gasteiger partial charge in [-0.1, -0.05) is 30.3 Å². The van der Waals surface area contributed by atoms with Gasteiger partial charge in [0.1, 0.15) is 6.04 Å². The van der Waals surface area contributed by atoms with E-state index in [0.717, 1.165) is 5.56 Å². The number of nitrogens with one attached hydrogen (secondary N) is 2. The Labute approximate surface area is 176 Å². The van der Waals surface area contributed by atoms with Gasteiger partial charge in [-0.3, -0.25) is 4.79 Å². The summed E-state index contributed by atoms with van der Waals surface area (Å²) in [6.45, 7) is 6.21. The number of aromatic nitrogens is 4. The van der Waals surface area contributed by atoms with Gasteiger partial charge in [0.15, 0.2) is 5.82 Å². The van der Waals surface area contributed by atoms with Gasteiger partial charge >= 0.3 is 0 Å². The molecule has 10 heteroatoms. The molecular formula is C20H29N7O3. The maximum absolute atomic E-state index is 12.9. The van der Waals surface area contributed by atoms with Crippen LogP contribution >= 0.6 is 0 Å². The highest BCUT2D eigenvalue weighted by Gasteiger charge is 2.31. The predicted molar refractivity (Wildman–Crippen MR) is 109 cm³/mol. The molecule has 1 aromatic carbocycles. The molecule has 0 fully saturated rings. The molecule has 0 aliphatic carbocycles. The standard InChI is InChI=1S/C20H29N7O3/c1-15(28)12-22-20(2,3)19(29)23-17(14-30-13-16-8-5-4-6-9-16)18-24-25-26-27(18)11-7-10-21/h4-6,8-9,15,17,22,28H,7,11-14H2,1-3H3,(H,23,29). The Morgan fingerprint density at radius 1 is 1.37 bits per heavy atom. The number of aliphatic hydroxyl groups is 1. The summed E-state index contributed by atoms with van der Waals surface area (Å²) < 4.78 is 7.32. The zero-order chi connectivity index (χ0) is 22.0. The second-order valence-electron chi connectivity index (χ2n) is 7.55. The summed E-state index contributed by atoms with van der Waals surface area (Å²) >= 11 is 0. The van der Waals surface area contributed by atoms with Crippen LogP contribution in [0.25, 0.3) is 0 Å². The van der Waals surface area contributed by atoms with Gasteiger partial charge in [0.2, 0.25) is 5.91 Å². The molecule has 10 nitrogen and oxygen atoms in total. The summed E-state index contributed by atoms with van der Waals surface area (Å²) in [6.07, 6.45) is -0.342. The number of aliphatic hydroxyl groups excluding tert-OH is 1. The highest BCUT2D eigenvalue weighted by Crippen LogP contribution is 2.14. The van der Waals surface area contributed by atoms with E-state index in [9.17, 15) is 9.90 Å². The number of nitrogens with zero attached hydrogens (tertiary/aromatic N) is 5. The number of amides is 1. The highest BCUT2D eigenvalue weighted by molar-refractivity contribution is 5.85. The minimum atomic E-state index is -0.931. The largest absolute Gasteiger partial charge is 0.392 e. The number of aryl methyl sites for hydroxylation is 1. The van der Waals surface area contributed by atoms with Crippen LogP contribution in [0.2, 0.25) is 0 Å². The fourth-order valence-electron chi connectivity index (χ4n) is 2.65. The lowest BCUT2D eigenvalue weighted by molar-refractivity contribution is -0.128. The number of hydrogen-bond acceptors (Lipinski definition) is 8. The zero-order valence-electron chi connectivity index (χ0n) is 17.6. The van der Waals surface area contributed by atoms with Crippen LogP contribution < -0.4 is 10.6 Å². The van der Waals surface area contributed by atoms with E-state index in [-0.39, 0.29) is 25.5 Å². The molecule has 0 spiro atoms. The Morgan fingerprint density at radius 3 is 2.77 bits per heavy atom. The van der Waals surface area contributed by atoms with E-state index in [1.165, 1.54) is 4.68 Å². The summed E-state index contributed by atoms with van der Waals surface area (Å²) in [5, 5.41) is 36.0. The second-order valence-corrected chi connectivity index (χ2v) is 7.55. The number of carbonyl (C=O) groups excluding carboxylic acids is 1. The van der Waals surface area contributed by atoms with Crippen molar-refractivity contribution in [3.8, 4) is 6.07 Å². The normalized spacial score (nSPS) is 13.4. The molecule has 1 heterocycles. The molecule has 3 N–H and O–H groups in total. The maximum atomic E-state index is 12.9. The fraction of sp³-hybridized carbons (Fsp3) is 0.550. The molecule has 0 aliphatic heterocycles. The van der Waals surface area contributed by atoms with Gasteiger partial charge in [0.25, 0.3) is 0 Å². The lowest BCUT2D eigenvalue weighted by Gasteiger charge is -2.28. The van der Waals surface area contributed by atoms with E-state index in [0.29, 0.717) is 19.0 Å². The van der Waals surface area contributed by atoms with Crippen LogP contribution in [0.1, 0.15) is 44.6 Å². The first-order valence-electron chi connectivity index (χ1n) is 9.82. The van der Waals surface area contributed by atoms with Crippen LogP contribution in [0, 0.1) is 11.3 Å². The van der Waals surface area contributed by atoms with Crippen molar-refractivity contribution in [2.24, 2.45) is 0 Å². The lowest BCUT2D eigenvalue weighted by Crippen LogP contribution is -2.55.